The van der Waals surface area contributed by atoms with Crippen molar-refractivity contribution in [2.45, 2.75) is 53.0 Å². The van der Waals surface area contributed by atoms with Crippen LogP contribution in [-0.4, -0.2) is 23.1 Å². The Labute approximate surface area is 116 Å². The lowest BCUT2D eigenvalue weighted by atomic mass is 9.96. The van der Waals surface area contributed by atoms with Gasteiger partial charge < -0.3 is 4.90 Å². The molecule has 1 heterocycles. The number of hydrogen-bond donors (Lipinski definition) is 0. The summed E-state index contributed by atoms with van der Waals surface area (Å²) in [5, 5.41) is 0.507. The van der Waals surface area contributed by atoms with Crippen molar-refractivity contribution >= 4 is 17.4 Å². The lowest BCUT2D eigenvalue weighted by Gasteiger charge is -2.30. The van der Waals surface area contributed by atoms with Crippen molar-refractivity contribution in [1.82, 2.24) is 9.97 Å². The van der Waals surface area contributed by atoms with E-state index in [4.69, 9.17) is 11.6 Å². The van der Waals surface area contributed by atoms with Crippen molar-refractivity contribution in [3.63, 3.8) is 0 Å². The number of rotatable bonds is 3. The molecule has 18 heavy (non-hydrogen) atoms. The van der Waals surface area contributed by atoms with Crippen molar-refractivity contribution in [1.29, 1.82) is 0 Å². The maximum absolute atomic E-state index is 6.11. The summed E-state index contributed by atoms with van der Waals surface area (Å²) in [6.07, 6.45) is 0. The second-order valence-electron chi connectivity index (χ2n) is 6.22. The summed E-state index contributed by atoms with van der Waals surface area (Å²) >= 11 is 6.11. The van der Waals surface area contributed by atoms with Crippen LogP contribution in [-0.2, 0) is 5.41 Å². The van der Waals surface area contributed by atoms with Crippen LogP contribution in [0.3, 0.4) is 0 Å². The molecule has 0 saturated carbocycles. The van der Waals surface area contributed by atoms with Crippen LogP contribution in [0.4, 0.5) is 5.82 Å². The van der Waals surface area contributed by atoms with Gasteiger partial charge in [0.1, 0.15) is 16.8 Å². The standard InChI is InChI=1S/C14H24ClN3/c1-9(2)10(3)18(7)12-8-11(15)16-13(17-12)14(4,5)6/h8-10H,1-7H3. The number of hydrogen-bond acceptors (Lipinski definition) is 3. The lowest BCUT2D eigenvalue weighted by molar-refractivity contribution is 0.497. The highest BCUT2D eigenvalue weighted by atomic mass is 35.5. The van der Waals surface area contributed by atoms with Gasteiger partial charge in [-0.2, -0.15) is 0 Å². The Morgan fingerprint density at radius 3 is 2.17 bits per heavy atom. The second-order valence-corrected chi connectivity index (χ2v) is 6.61. The van der Waals surface area contributed by atoms with Crippen molar-refractivity contribution in [2.75, 3.05) is 11.9 Å². The normalized spacial score (nSPS) is 13.8. The van der Waals surface area contributed by atoms with Gasteiger partial charge in [0.2, 0.25) is 0 Å². The third-order valence-corrected chi connectivity index (χ3v) is 3.48. The van der Waals surface area contributed by atoms with Gasteiger partial charge in [0.05, 0.1) is 0 Å². The highest BCUT2D eigenvalue weighted by Crippen LogP contribution is 2.25. The molecule has 0 spiro atoms. The van der Waals surface area contributed by atoms with Crippen LogP contribution >= 0.6 is 11.6 Å². The topological polar surface area (TPSA) is 29.0 Å². The van der Waals surface area contributed by atoms with Gasteiger partial charge >= 0.3 is 0 Å². The summed E-state index contributed by atoms with van der Waals surface area (Å²) in [7, 11) is 2.05. The maximum Gasteiger partial charge on any atom is 0.137 e. The number of nitrogens with zero attached hydrogens (tertiary/aromatic N) is 3. The molecule has 0 amide bonds. The Kier molecular flexibility index (Phi) is 4.60. The van der Waals surface area contributed by atoms with E-state index in [1.807, 2.05) is 6.07 Å². The molecule has 0 radical (unpaired) electrons. The van der Waals surface area contributed by atoms with Crippen LogP contribution in [0.25, 0.3) is 0 Å². The lowest BCUT2D eigenvalue weighted by Crippen LogP contribution is -2.34. The van der Waals surface area contributed by atoms with E-state index in [1.165, 1.54) is 0 Å². The van der Waals surface area contributed by atoms with Gasteiger partial charge in [0.25, 0.3) is 0 Å². The van der Waals surface area contributed by atoms with Crippen molar-refractivity contribution in [3.05, 3.63) is 17.0 Å². The maximum atomic E-state index is 6.11. The summed E-state index contributed by atoms with van der Waals surface area (Å²) < 4.78 is 0. The molecular formula is C14H24ClN3. The molecule has 0 fully saturated rings. The Morgan fingerprint density at radius 1 is 1.17 bits per heavy atom. The molecule has 0 aliphatic heterocycles. The first-order chi connectivity index (χ1) is 8.12. The van der Waals surface area contributed by atoms with Crippen molar-refractivity contribution in [2.24, 2.45) is 5.92 Å². The summed E-state index contributed by atoms with van der Waals surface area (Å²) in [5.41, 5.74) is -0.0957. The minimum atomic E-state index is -0.0957. The zero-order valence-corrected chi connectivity index (χ0v) is 13.2. The Morgan fingerprint density at radius 2 is 1.72 bits per heavy atom. The van der Waals surface area contributed by atoms with E-state index in [1.54, 1.807) is 0 Å². The third-order valence-electron chi connectivity index (χ3n) is 3.29. The van der Waals surface area contributed by atoms with E-state index >= 15 is 0 Å². The fraction of sp³-hybridized carbons (Fsp3) is 0.714. The first-order valence-corrected chi connectivity index (χ1v) is 6.78. The molecule has 0 bridgehead atoms. The smallest absolute Gasteiger partial charge is 0.137 e. The van der Waals surface area contributed by atoms with E-state index in [0.29, 0.717) is 17.1 Å². The molecule has 1 unspecified atom stereocenters. The zero-order chi connectivity index (χ0) is 14.1. The number of halogens is 1. The molecule has 1 aromatic heterocycles. The average molecular weight is 270 g/mol. The first-order valence-electron chi connectivity index (χ1n) is 6.41. The molecule has 1 rings (SSSR count). The van der Waals surface area contributed by atoms with Gasteiger partial charge in [-0.1, -0.05) is 46.2 Å². The summed E-state index contributed by atoms with van der Waals surface area (Å²) in [4.78, 5) is 11.1. The largest absolute Gasteiger partial charge is 0.357 e. The van der Waals surface area contributed by atoms with E-state index in [2.05, 4.69) is 63.5 Å². The van der Waals surface area contributed by atoms with Crippen LogP contribution < -0.4 is 4.90 Å². The van der Waals surface area contributed by atoms with Gasteiger partial charge in [0, 0.05) is 24.6 Å². The van der Waals surface area contributed by atoms with Crippen molar-refractivity contribution in [3.8, 4) is 0 Å². The van der Waals surface area contributed by atoms with Crippen LogP contribution in [0.2, 0.25) is 5.15 Å². The van der Waals surface area contributed by atoms with E-state index in [9.17, 15) is 0 Å². The Hall–Kier alpha value is -0.830. The highest BCUT2D eigenvalue weighted by molar-refractivity contribution is 6.29. The van der Waals surface area contributed by atoms with Gasteiger partial charge in [-0.15, -0.1) is 0 Å². The molecule has 1 atom stereocenters. The summed E-state index contributed by atoms with van der Waals surface area (Å²) in [5.74, 6) is 2.23. The fourth-order valence-corrected chi connectivity index (χ4v) is 1.76. The molecule has 0 aromatic carbocycles. The van der Waals surface area contributed by atoms with Crippen LogP contribution in [0.15, 0.2) is 6.07 Å². The van der Waals surface area contributed by atoms with Gasteiger partial charge in [-0.05, 0) is 12.8 Å². The summed E-state index contributed by atoms with van der Waals surface area (Å²) in [6.45, 7) is 12.9. The molecule has 102 valence electrons. The molecule has 0 saturated heterocycles. The molecule has 0 aliphatic carbocycles. The monoisotopic (exact) mass is 269 g/mol. The number of aromatic nitrogens is 2. The van der Waals surface area contributed by atoms with Crippen LogP contribution in [0.5, 0.6) is 0 Å². The molecule has 3 nitrogen and oxygen atoms in total. The minimum Gasteiger partial charge on any atom is -0.357 e. The Bertz CT molecular complexity index is 410. The quantitative estimate of drug-likeness (QED) is 0.779. The molecule has 4 heteroatoms. The molecule has 0 N–H and O–H groups in total. The predicted molar refractivity (Wildman–Crippen MR) is 78.4 cm³/mol. The fourth-order valence-electron chi connectivity index (χ4n) is 1.58. The zero-order valence-electron chi connectivity index (χ0n) is 12.5. The number of anilines is 1. The molecular weight excluding hydrogens is 246 g/mol. The van der Waals surface area contributed by atoms with Crippen molar-refractivity contribution < 1.29 is 0 Å². The van der Waals surface area contributed by atoms with E-state index in [0.717, 1.165) is 11.6 Å². The third kappa shape index (κ3) is 3.58. The predicted octanol–water partition coefficient (Wildman–Crippen LogP) is 3.91. The second kappa shape index (κ2) is 5.43. The average Bonchev–Trinajstić information content (AvgIpc) is 2.24. The van der Waals surface area contributed by atoms with Gasteiger partial charge in [-0.3, -0.25) is 0 Å². The molecule has 0 aliphatic rings. The van der Waals surface area contributed by atoms with Crippen LogP contribution in [0, 0.1) is 5.92 Å². The highest BCUT2D eigenvalue weighted by Gasteiger charge is 2.21. The molecule has 1 aromatic rings. The first kappa shape index (κ1) is 15.2. The van der Waals surface area contributed by atoms with Gasteiger partial charge in [-0.25, -0.2) is 9.97 Å². The Balaban J connectivity index is 3.14. The van der Waals surface area contributed by atoms with Gasteiger partial charge in [0.15, 0.2) is 0 Å². The SMILES string of the molecule is CC(C)C(C)N(C)c1cc(Cl)nc(C(C)(C)C)n1. The summed E-state index contributed by atoms with van der Waals surface area (Å²) in [6, 6.07) is 2.24. The van der Waals surface area contributed by atoms with E-state index in [-0.39, 0.29) is 5.41 Å². The van der Waals surface area contributed by atoms with Crippen LogP contribution in [0.1, 0.15) is 47.4 Å². The van der Waals surface area contributed by atoms with E-state index < -0.39 is 0 Å². The minimum absolute atomic E-state index is 0.0957.